The Morgan fingerprint density at radius 1 is 1.16 bits per heavy atom. The number of aryl methyl sites for hydroxylation is 1. The molecule has 1 fully saturated rings. The molecule has 0 saturated carbocycles. The molecule has 7 nitrogen and oxygen atoms in total. The van der Waals surface area contributed by atoms with E-state index in [1.807, 2.05) is 0 Å². The number of alkyl halides is 1. The van der Waals surface area contributed by atoms with Crippen molar-refractivity contribution in [3.63, 3.8) is 0 Å². The number of carbonyl (C=O) groups excluding carboxylic acids is 3. The first-order valence-corrected chi connectivity index (χ1v) is 12.2. The molecule has 4 rings (SSSR count). The maximum atomic E-state index is 14.4. The molecule has 0 unspecified atom stereocenters. The molecule has 0 radical (unpaired) electrons. The van der Waals surface area contributed by atoms with Crippen LogP contribution in [-0.4, -0.2) is 56.8 Å². The SMILES string of the molecule is CC(=O)c1cn(CC(=O)N2C[C@H](F)C[C@H]2C(=O)CCc2cccc(Cl)c2F)c2cc(CC(=O)O)ccc12. The van der Waals surface area contributed by atoms with Crippen LogP contribution in [0.1, 0.15) is 41.3 Å². The number of amides is 1. The Kier molecular flexibility index (Phi) is 7.73. The van der Waals surface area contributed by atoms with Crippen LogP contribution in [0.2, 0.25) is 5.02 Å². The van der Waals surface area contributed by atoms with E-state index < -0.39 is 29.9 Å². The van der Waals surface area contributed by atoms with Gasteiger partial charge in [0.05, 0.1) is 24.0 Å². The van der Waals surface area contributed by atoms with Crippen molar-refractivity contribution in [2.45, 2.75) is 51.4 Å². The highest BCUT2D eigenvalue weighted by Crippen LogP contribution is 2.27. The number of benzene rings is 2. The van der Waals surface area contributed by atoms with Gasteiger partial charge in [-0.3, -0.25) is 19.2 Å². The van der Waals surface area contributed by atoms with E-state index in [9.17, 15) is 28.0 Å². The fourth-order valence-corrected chi connectivity index (χ4v) is 5.00. The predicted octanol–water partition coefficient (Wildman–Crippen LogP) is 4.40. The highest BCUT2D eigenvalue weighted by atomic mass is 35.5. The minimum absolute atomic E-state index is 0.0539. The first-order chi connectivity index (χ1) is 17.5. The number of likely N-dealkylation sites (tertiary alicyclic amines) is 1. The van der Waals surface area contributed by atoms with E-state index in [0.717, 1.165) is 0 Å². The summed E-state index contributed by atoms with van der Waals surface area (Å²) in [7, 11) is 0. The second-order valence-electron chi connectivity index (χ2n) is 9.22. The molecule has 2 heterocycles. The zero-order valence-corrected chi connectivity index (χ0v) is 20.8. The molecule has 10 heteroatoms. The molecular weight excluding hydrogens is 506 g/mol. The maximum Gasteiger partial charge on any atom is 0.307 e. The van der Waals surface area contributed by atoms with Gasteiger partial charge in [0.2, 0.25) is 5.91 Å². The van der Waals surface area contributed by atoms with Crippen molar-refractivity contribution in [3.05, 3.63) is 70.1 Å². The van der Waals surface area contributed by atoms with Gasteiger partial charge >= 0.3 is 5.97 Å². The predicted molar refractivity (Wildman–Crippen MR) is 133 cm³/mol. The van der Waals surface area contributed by atoms with Crippen LogP contribution < -0.4 is 0 Å². The van der Waals surface area contributed by atoms with Crippen molar-refractivity contribution >= 4 is 45.9 Å². The van der Waals surface area contributed by atoms with Crippen LogP contribution in [0.3, 0.4) is 0 Å². The summed E-state index contributed by atoms with van der Waals surface area (Å²) in [6, 6.07) is 8.37. The number of ketones is 2. The Morgan fingerprint density at radius 3 is 2.62 bits per heavy atom. The van der Waals surface area contributed by atoms with Crippen molar-refractivity contribution < 1.29 is 33.1 Å². The smallest absolute Gasteiger partial charge is 0.307 e. The third-order valence-electron chi connectivity index (χ3n) is 6.60. The summed E-state index contributed by atoms with van der Waals surface area (Å²) in [5.74, 6) is -2.75. The van der Waals surface area contributed by atoms with E-state index in [4.69, 9.17) is 16.7 Å². The van der Waals surface area contributed by atoms with Crippen molar-refractivity contribution in [2.24, 2.45) is 0 Å². The number of aromatic nitrogens is 1. The van der Waals surface area contributed by atoms with Crippen molar-refractivity contribution in [1.29, 1.82) is 0 Å². The fourth-order valence-electron chi connectivity index (χ4n) is 4.80. The molecule has 1 N–H and O–H groups in total. The normalized spacial score (nSPS) is 17.4. The molecule has 0 spiro atoms. The number of carboxylic acids is 1. The number of hydrogen-bond acceptors (Lipinski definition) is 4. The van der Waals surface area contributed by atoms with Gasteiger partial charge in [-0.2, -0.15) is 0 Å². The van der Waals surface area contributed by atoms with E-state index in [0.29, 0.717) is 22.0 Å². The molecule has 0 aliphatic carbocycles. The van der Waals surface area contributed by atoms with Crippen LogP contribution in [0, 0.1) is 5.82 Å². The Hall–Kier alpha value is -3.59. The first kappa shape index (κ1) is 26.5. The quantitative estimate of drug-likeness (QED) is 0.414. The number of aliphatic carboxylic acids is 1. The minimum atomic E-state index is -1.38. The summed E-state index contributed by atoms with van der Waals surface area (Å²) in [5.41, 5.74) is 1.62. The Morgan fingerprint density at radius 2 is 1.92 bits per heavy atom. The number of rotatable bonds is 9. The van der Waals surface area contributed by atoms with Gasteiger partial charge in [-0.1, -0.05) is 35.9 Å². The Bertz CT molecular complexity index is 1400. The van der Waals surface area contributed by atoms with Crippen molar-refractivity contribution in [3.8, 4) is 0 Å². The van der Waals surface area contributed by atoms with Gasteiger partial charge < -0.3 is 14.6 Å². The summed E-state index contributed by atoms with van der Waals surface area (Å²) in [5, 5.41) is 9.64. The second-order valence-corrected chi connectivity index (χ2v) is 9.63. The largest absolute Gasteiger partial charge is 0.481 e. The third-order valence-corrected chi connectivity index (χ3v) is 6.89. The lowest BCUT2D eigenvalue weighted by Gasteiger charge is -2.24. The topological polar surface area (TPSA) is 96.7 Å². The highest BCUT2D eigenvalue weighted by Gasteiger charge is 2.39. The zero-order valence-electron chi connectivity index (χ0n) is 20.0. The molecule has 1 amide bonds. The van der Waals surface area contributed by atoms with E-state index in [-0.39, 0.29) is 60.9 Å². The zero-order chi connectivity index (χ0) is 26.9. The molecule has 1 aliphatic heterocycles. The molecule has 0 bridgehead atoms. The number of hydrogen-bond donors (Lipinski definition) is 1. The molecule has 194 valence electrons. The van der Waals surface area contributed by atoms with Gasteiger partial charge in [0.1, 0.15) is 18.5 Å². The third kappa shape index (κ3) is 5.72. The van der Waals surface area contributed by atoms with Gasteiger partial charge in [-0.05, 0) is 36.6 Å². The molecule has 37 heavy (non-hydrogen) atoms. The lowest BCUT2D eigenvalue weighted by molar-refractivity contribution is -0.138. The van der Waals surface area contributed by atoms with E-state index >= 15 is 0 Å². The summed E-state index contributed by atoms with van der Waals surface area (Å²) in [6.45, 7) is 0.876. The summed E-state index contributed by atoms with van der Waals surface area (Å²) >= 11 is 5.80. The highest BCUT2D eigenvalue weighted by molar-refractivity contribution is 6.30. The molecular formula is C27H25ClF2N2O5. The second kappa shape index (κ2) is 10.8. The summed E-state index contributed by atoms with van der Waals surface area (Å²) in [6.07, 6.45) is -0.260. The van der Waals surface area contributed by atoms with Crippen molar-refractivity contribution in [1.82, 2.24) is 9.47 Å². The van der Waals surface area contributed by atoms with E-state index in [1.165, 1.54) is 34.7 Å². The lowest BCUT2D eigenvalue weighted by Crippen LogP contribution is -2.42. The van der Waals surface area contributed by atoms with Crippen LogP contribution in [0.15, 0.2) is 42.6 Å². The van der Waals surface area contributed by atoms with Crippen LogP contribution >= 0.6 is 11.6 Å². The lowest BCUT2D eigenvalue weighted by atomic mass is 10.0. The number of fused-ring (bicyclic) bond motifs is 1. The summed E-state index contributed by atoms with van der Waals surface area (Å²) in [4.78, 5) is 50.7. The van der Waals surface area contributed by atoms with Crippen LogP contribution in [0.4, 0.5) is 8.78 Å². The number of carbonyl (C=O) groups is 4. The molecule has 1 aromatic heterocycles. The average Bonchev–Trinajstić information content (AvgIpc) is 3.40. The Labute approximate surface area is 216 Å². The molecule has 2 atom stereocenters. The standard InChI is InChI=1S/C27H25ClF2N2O5/c1-15(33)20-13-31(22-9-16(10-26(36)37)5-7-19(20)22)14-25(35)32-12-18(29)11-23(32)24(34)8-6-17-3-2-4-21(28)27(17)30/h2-5,7,9,13,18,23H,6,8,10-12,14H2,1H3,(H,36,37)/t18-,23+/m1/s1. The average molecular weight is 531 g/mol. The molecule has 3 aromatic rings. The molecule has 1 aliphatic rings. The minimum Gasteiger partial charge on any atom is -0.481 e. The van der Waals surface area contributed by atoms with Gasteiger partial charge in [0.25, 0.3) is 0 Å². The number of Topliss-reactive ketones (excluding diaryl/α,β-unsaturated/α-hetero) is 2. The number of carboxylic acid groups (broad SMARTS) is 1. The van der Waals surface area contributed by atoms with Gasteiger partial charge in [0, 0.05) is 35.5 Å². The number of nitrogens with zero attached hydrogens (tertiary/aromatic N) is 2. The monoisotopic (exact) mass is 530 g/mol. The van der Waals surface area contributed by atoms with Crippen LogP contribution in [-0.2, 0) is 33.8 Å². The molecule has 1 saturated heterocycles. The fraction of sp³-hybridized carbons (Fsp3) is 0.333. The van der Waals surface area contributed by atoms with Crippen molar-refractivity contribution in [2.75, 3.05) is 6.54 Å². The maximum absolute atomic E-state index is 14.4. The first-order valence-electron chi connectivity index (χ1n) is 11.8. The molecule has 2 aromatic carbocycles. The van der Waals surface area contributed by atoms with Crippen LogP contribution in [0.5, 0.6) is 0 Å². The van der Waals surface area contributed by atoms with Gasteiger partial charge in [-0.15, -0.1) is 0 Å². The van der Waals surface area contributed by atoms with Gasteiger partial charge in [0.15, 0.2) is 11.6 Å². The van der Waals surface area contributed by atoms with Gasteiger partial charge in [-0.25, -0.2) is 8.78 Å². The number of halogens is 3. The van der Waals surface area contributed by atoms with E-state index in [2.05, 4.69) is 0 Å². The van der Waals surface area contributed by atoms with E-state index in [1.54, 1.807) is 24.3 Å². The summed E-state index contributed by atoms with van der Waals surface area (Å²) < 4.78 is 30.1. The Balaban J connectivity index is 1.55. The van der Waals surface area contributed by atoms with Crippen LogP contribution in [0.25, 0.3) is 10.9 Å².